The average Bonchev–Trinajstić information content (AvgIpc) is 2.39. The van der Waals surface area contributed by atoms with Crippen molar-refractivity contribution in [1.82, 2.24) is 4.90 Å². The Balaban J connectivity index is 2.29. The van der Waals surface area contributed by atoms with Crippen molar-refractivity contribution in [2.75, 3.05) is 45.2 Å². The Hall–Kier alpha value is -0.820. The number of hydrogen-bond acceptors (Lipinski definition) is 4. The number of halogens is 1. The number of methoxy groups -OCH3 is 1. The topological polar surface area (TPSA) is 32.8 Å². The first kappa shape index (κ1) is 13.6. The number of nitrogens with zero attached hydrogens (tertiary/aromatic N) is 2. The Labute approximate surface area is 121 Å². The maximum atomic E-state index is 11.8. The molecular formula is C13H17IN2O2. The van der Waals surface area contributed by atoms with Gasteiger partial charge in [0.05, 0.1) is 18.4 Å². The van der Waals surface area contributed by atoms with Gasteiger partial charge in [0, 0.05) is 29.7 Å². The van der Waals surface area contributed by atoms with Crippen LogP contribution in [0.4, 0.5) is 5.69 Å². The molecule has 0 atom stereocenters. The molecule has 0 spiro atoms. The molecule has 0 amide bonds. The third kappa shape index (κ3) is 2.95. The highest BCUT2D eigenvalue weighted by Crippen LogP contribution is 2.24. The van der Waals surface area contributed by atoms with E-state index in [9.17, 15) is 4.79 Å². The summed E-state index contributed by atoms with van der Waals surface area (Å²) in [6, 6.07) is 5.93. The lowest BCUT2D eigenvalue weighted by Gasteiger charge is -2.34. The van der Waals surface area contributed by atoms with Gasteiger partial charge >= 0.3 is 5.97 Å². The van der Waals surface area contributed by atoms with Gasteiger partial charge in [-0.25, -0.2) is 4.79 Å². The smallest absolute Gasteiger partial charge is 0.340 e. The van der Waals surface area contributed by atoms with Gasteiger partial charge < -0.3 is 14.5 Å². The van der Waals surface area contributed by atoms with E-state index in [0.717, 1.165) is 35.4 Å². The van der Waals surface area contributed by atoms with Crippen molar-refractivity contribution < 1.29 is 9.53 Å². The molecule has 1 fully saturated rings. The number of ether oxygens (including phenoxy) is 1. The Morgan fingerprint density at radius 3 is 2.56 bits per heavy atom. The van der Waals surface area contributed by atoms with Crippen LogP contribution in [0, 0.1) is 3.57 Å². The summed E-state index contributed by atoms with van der Waals surface area (Å²) in [6.07, 6.45) is 0. The molecule has 0 aliphatic carbocycles. The highest BCUT2D eigenvalue weighted by molar-refractivity contribution is 14.1. The highest BCUT2D eigenvalue weighted by Gasteiger charge is 2.20. The van der Waals surface area contributed by atoms with Crippen LogP contribution >= 0.6 is 22.6 Å². The minimum atomic E-state index is -0.262. The number of carbonyl (C=O) groups is 1. The van der Waals surface area contributed by atoms with E-state index in [1.807, 2.05) is 18.2 Å². The molecule has 1 aliphatic heterocycles. The van der Waals surface area contributed by atoms with Crippen LogP contribution in [0.25, 0.3) is 0 Å². The number of carbonyl (C=O) groups excluding carboxylic acids is 1. The van der Waals surface area contributed by atoms with E-state index in [-0.39, 0.29) is 5.97 Å². The minimum absolute atomic E-state index is 0.262. The number of esters is 1. The maximum absolute atomic E-state index is 11.8. The van der Waals surface area contributed by atoms with Crippen molar-refractivity contribution in [3.05, 3.63) is 27.3 Å². The van der Waals surface area contributed by atoms with Gasteiger partial charge in [-0.2, -0.15) is 0 Å². The molecule has 1 heterocycles. The second kappa shape index (κ2) is 5.88. The van der Waals surface area contributed by atoms with Gasteiger partial charge in [0.1, 0.15) is 0 Å². The predicted octanol–water partition coefficient (Wildman–Crippen LogP) is 1.83. The second-order valence-corrected chi connectivity index (χ2v) is 5.69. The van der Waals surface area contributed by atoms with E-state index >= 15 is 0 Å². The quantitative estimate of drug-likeness (QED) is 0.595. The molecule has 1 aromatic rings. The fourth-order valence-electron chi connectivity index (χ4n) is 2.10. The van der Waals surface area contributed by atoms with Gasteiger partial charge in [-0.05, 0) is 47.8 Å². The molecule has 1 aliphatic rings. The summed E-state index contributed by atoms with van der Waals surface area (Å²) in [5, 5.41) is 0. The number of hydrogen-bond donors (Lipinski definition) is 0. The van der Waals surface area contributed by atoms with Crippen LogP contribution in [0.3, 0.4) is 0 Å². The Bertz CT molecular complexity index is 443. The van der Waals surface area contributed by atoms with Crippen LogP contribution in [-0.2, 0) is 4.74 Å². The second-order valence-electron chi connectivity index (χ2n) is 4.44. The molecule has 1 aromatic carbocycles. The molecule has 4 nitrogen and oxygen atoms in total. The lowest BCUT2D eigenvalue weighted by Crippen LogP contribution is -2.45. The van der Waals surface area contributed by atoms with Gasteiger partial charge in [-0.15, -0.1) is 0 Å². The summed E-state index contributed by atoms with van der Waals surface area (Å²) in [7, 11) is 3.54. The Morgan fingerprint density at radius 1 is 1.28 bits per heavy atom. The van der Waals surface area contributed by atoms with Gasteiger partial charge in [0.2, 0.25) is 0 Å². The zero-order valence-corrected chi connectivity index (χ0v) is 12.8. The van der Waals surface area contributed by atoms with E-state index in [0.29, 0.717) is 5.56 Å². The summed E-state index contributed by atoms with van der Waals surface area (Å²) in [5.74, 6) is -0.262. The van der Waals surface area contributed by atoms with Crippen LogP contribution in [0.15, 0.2) is 18.2 Å². The summed E-state index contributed by atoms with van der Waals surface area (Å²) >= 11 is 2.21. The van der Waals surface area contributed by atoms with E-state index in [4.69, 9.17) is 4.74 Å². The standard InChI is InChI=1S/C13H17IN2O2/c1-15-5-7-16(8-6-15)12-4-3-10(14)9-11(12)13(17)18-2/h3-4,9H,5-8H2,1-2H3. The molecular weight excluding hydrogens is 343 g/mol. The zero-order valence-electron chi connectivity index (χ0n) is 10.6. The molecule has 0 aromatic heterocycles. The molecule has 0 saturated carbocycles. The first-order valence-electron chi connectivity index (χ1n) is 5.93. The number of benzene rings is 1. The minimum Gasteiger partial charge on any atom is -0.465 e. The largest absolute Gasteiger partial charge is 0.465 e. The summed E-state index contributed by atoms with van der Waals surface area (Å²) < 4.78 is 5.91. The predicted molar refractivity (Wildman–Crippen MR) is 80.2 cm³/mol. The molecule has 2 rings (SSSR count). The molecule has 0 unspecified atom stereocenters. The van der Waals surface area contributed by atoms with Crippen LogP contribution in [0.2, 0.25) is 0 Å². The third-order valence-corrected chi connectivity index (χ3v) is 3.88. The zero-order chi connectivity index (χ0) is 13.1. The molecule has 5 heteroatoms. The summed E-state index contributed by atoms with van der Waals surface area (Å²) in [4.78, 5) is 16.4. The van der Waals surface area contributed by atoms with E-state index in [1.54, 1.807) is 0 Å². The Morgan fingerprint density at radius 2 is 1.94 bits per heavy atom. The SMILES string of the molecule is COC(=O)c1cc(I)ccc1N1CCN(C)CC1. The fourth-order valence-corrected chi connectivity index (χ4v) is 2.60. The summed E-state index contributed by atoms with van der Waals surface area (Å²) in [5.41, 5.74) is 1.64. The fraction of sp³-hybridized carbons (Fsp3) is 0.462. The Kier molecular flexibility index (Phi) is 4.45. The third-order valence-electron chi connectivity index (χ3n) is 3.21. The molecule has 1 saturated heterocycles. The van der Waals surface area contributed by atoms with Crippen molar-refractivity contribution in [2.45, 2.75) is 0 Å². The van der Waals surface area contributed by atoms with Gasteiger partial charge in [0.15, 0.2) is 0 Å². The van der Waals surface area contributed by atoms with Crippen molar-refractivity contribution in [1.29, 1.82) is 0 Å². The van der Waals surface area contributed by atoms with Gasteiger partial charge in [-0.3, -0.25) is 0 Å². The van der Waals surface area contributed by atoms with Crippen molar-refractivity contribution in [3.63, 3.8) is 0 Å². The van der Waals surface area contributed by atoms with Crippen molar-refractivity contribution >= 4 is 34.2 Å². The molecule has 0 radical (unpaired) electrons. The van der Waals surface area contributed by atoms with Crippen LogP contribution in [-0.4, -0.2) is 51.2 Å². The van der Waals surface area contributed by atoms with Gasteiger partial charge in [-0.1, -0.05) is 0 Å². The molecule has 98 valence electrons. The molecule has 0 bridgehead atoms. The van der Waals surface area contributed by atoms with Crippen LogP contribution in [0.5, 0.6) is 0 Å². The maximum Gasteiger partial charge on any atom is 0.340 e. The molecule has 18 heavy (non-hydrogen) atoms. The van der Waals surface area contributed by atoms with Crippen molar-refractivity contribution in [2.24, 2.45) is 0 Å². The molecule has 0 N–H and O–H groups in total. The van der Waals surface area contributed by atoms with Crippen LogP contribution < -0.4 is 4.90 Å². The first-order valence-corrected chi connectivity index (χ1v) is 7.01. The van der Waals surface area contributed by atoms with Crippen molar-refractivity contribution in [3.8, 4) is 0 Å². The average molecular weight is 360 g/mol. The normalized spacial score (nSPS) is 16.7. The summed E-state index contributed by atoms with van der Waals surface area (Å²) in [6.45, 7) is 3.93. The number of rotatable bonds is 2. The van der Waals surface area contributed by atoms with E-state index in [2.05, 4.69) is 39.4 Å². The lowest BCUT2D eigenvalue weighted by atomic mass is 10.1. The first-order chi connectivity index (χ1) is 8.61. The number of piperazine rings is 1. The van der Waals surface area contributed by atoms with Gasteiger partial charge in [0.25, 0.3) is 0 Å². The number of likely N-dealkylation sites (N-methyl/N-ethyl adjacent to an activating group) is 1. The highest BCUT2D eigenvalue weighted by atomic mass is 127. The van der Waals surface area contributed by atoms with E-state index < -0.39 is 0 Å². The van der Waals surface area contributed by atoms with E-state index in [1.165, 1.54) is 7.11 Å². The lowest BCUT2D eigenvalue weighted by molar-refractivity contribution is 0.0601. The number of anilines is 1. The van der Waals surface area contributed by atoms with Crippen LogP contribution in [0.1, 0.15) is 10.4 Å². The monoisotopic (exact) mass is 360 g/mol.